The molecule has 2 saturated carbocycles. The first-order valence-electron chi connectivity index (χ1n) is 6.39. The van der Waals surface area contributed by atoms with Crippen molar-refractivity contribution in [2.24, 2.45) is 17.7 Å². The molecule has 0 saturated heterocycles. The van der Waals surface area contributed by atoms with Crippen LogP contribution in [0.3, 0.4) is 0 Å². The van der Waals surface area contributed by atoms with Gasteiger partial charge in [-0.05, 0) is 49.7 Å². The lowest BCUT2D eigenvalue weighted by Crippen LogP contribution is -2.38. The SMILES string of the molecule is NNc1ccc(C(=O)NC(C2CC2)C2CC2)nn1. The molecule has 18 heavy (non-hydrogen) atoms. The molecule has 1 aromatic rings. The number of carbonyl (C=O) groups excluding carboxylic acids is 1. The van der Waals surface area contributed by atoms with Gasteiger partial charge in [0.05, 0.1) is 0 Å². The van der Waals surface area contributed by atoms with Gasteiger partial charge >= 0.3 is 0 Å². The van der Waals surface area contributed by atoms with E-state index in [1.165, 1.54) is 25.7 Å². The molecule has 2 aliphatic rings. The molecule has 1 aromatic heterocycles. The lowest BCUT2D eigenvalue weighted by atomic mass is 10.1. The minimum absolute atomic E-state index is 0.130. The van der Waals surface area contributed by atoms with Crippen LogP contribution in [0.4, 0.5) is 5.82 Å². The highest BCUT2D eigenvalue weighted by Crippen LogP contribution is 2.44. The molecule has 0 radical (unpaired) electrons. The number of hydrogen-bond donors (Lipinski definition) is 3. The van der Waals surface area contributed by atoms with Crippen LogP contribution in [0.25, 0.3) is 0 Å². The summed E-state index contributed by atoms with van der Waals surface area (Å²) < 4.78 is 0. The van der Waals surface area contributed by atoms with Gasteiger partial charge in [-0.3, -0.25) is 4.79 Å². The van der Waals surface area contributed by atoms with Crippen molar-refractivity contribution >= 4 is 11.7 Å². The molecule has 4 N–H and O–H groups in total. The highest BCUT2D eigenvalue weighted by atomic mass is 16.2. The fourth-order valence-electron chi connectivity index (χ4n) is 2.29. The second kappa shape index (κ2) is 4.53. The number of nitrogen functional groups attached to an aromatic ring is 1. The van der Waals surface area contributed by atoms with Crippen molar-refractivity contribution in [2.45, 2.75) is 31.7 Å². The van der Waals surface area contributed by atoms with Gasteiger partial charge in [-0.2, -0.15) is 0 Å². The molecule has 0 aromatic carbocycles. The van der Waals surface area contributed by atoms with Crippen LogP contribution in [0.2, 0.25) is 0 Å². The van der Waals surface area contributed by atoms with Crippen LogP contribution >= 0.6 is 0 Å². The summed E-state index contributed by atoms with van der Waals surface area (Å²) in [5, 5.41) is 10.8. The fourth-order valence-corrected chi connectivity index (χ4v) is 2.29. The molecule has 0 spiro atoms. The third-order valence-corrected chi connectivity index (χ3v) is 3.60. The number of aromatic nitrogens is 2. The Morgan fingerprint density at radius 3 is 2.33 bits per heavy atom. The van der Waals surface area contributed by atoms with E-state index in [1.54, 1.807) is 12.1 Å². The van der Waals surface area contributed by atoms with Gasteiger partial charge in [-0.1, -0.05) is 0 Å². The Balaban J connectivity index is 1.65. The van der Waals surface area contributed by atoms with E-state index in [1.807, 2.05) is 0 Å². The van der Waals surface area contributed by atoms with E-state index in [9.17, 15) is 4.79 Å². The molecule has 2 fully saturated rings. The summed E-state index contributed by atoms with van der Waals surface area (Å²) in [5.74, 6) is 6.88. The monoisotopic (exact) mass is 247 g/mol. The van der Waals surface area contributed by atoms with Crippen LogP contribution in [0.15, 0.2) is 12.1 Å². The minimum atomic E-state index is -0.130. The van der Waals surface area contributed by atoms with Crippen LogP contribution in [-0.4, -0.2) is 22.1 Å². The molecule has 3 rings (SSSR count). The molecule has 0 atom stereocenters. The van der Waals surface area contributed by atoms with E-state index in [0.29, 0.717) is 29.4 Å². The summed E-state index contributed by atoms with van der Waals surface area (Å²) in [5.41, 5.74) is 2.73. The van der Waals surface area contributed by atoms with Crippen LogP contribution in [0.5, 0.6) is 0 Å². The summed E-state index contributed by atoms with van der Waals surface area (Å²) in [6, 6.07) is 3.62. The van der Waals surface area contributed by atoms with Gasteiger partial charge in [0, 0.05) is 6.04 Å². The number of hydrazine groups is 1. The van der Waals surface area contributed by atoms with E-state index < -0.39 is 0 Å². The lowest BCUT2D eigenvalue weighted by molar-refractivity contribution is 0.0920. The van der Waals surface area contributed by atoms with E-state index in [0.717, 1.165) is 0 Å². The maximum absolute atomic E-state index is 12.1. The third-order valence-electron chi connectivity index (χ3n) is 3.60. The van der Waals surface area contributed by atoms with Gasteiger partial charge in [0.1, 0.15) is 0 Å². The first-order chi connectivity index (χ1) is 8.78. The Bertz CT molecular complexity index is 426. The van der Waals surface area contributed by atoms with Crippen molar-refractivity contribution in [3.63, 3.8) is 0 Å². The maximum atomic E-state index is 12.1. The van der Waals surface area contributed by atoms with Crippen molar-refractivity contribution in [3.05, 3.63) is 17.8 Å². The molecular formula is C12H17N5O. The molecule has 1 amide bonds. The molecule has 96 valence electrons. The van der Waals surface area contributed by atoms with Crippen molar-refractivity contribution in [1.29, 1.82) is 0 Å². The van der Waals surface area contributed by atoms with Crippen molar-refractivity contribution < 1.29 is 4.79 Å². The molecule has 1 heterocycles. The first kappa shape index (κ1) is 11.4. The molecule has 2 aliphatic carbocycles. The second-order valence-electron chi connectivity index (χ2n) is 5.12. The number of amides is 1. The zero-order chi connectivity index (χ0) is 12.5. The fraction of sp³-hybridized carbons (Fsp3) is 0.583. The number of nitrogens with one attached hydrogen (secondary N) is 2. The van der Waals surface area contributed by atoms with Gasteiger partial charge in [0.2, 0.25) is 0 Å². The zero-order valence-electron chi connectivity index (χ0n) is 10.1. The number of nitrogens with zero attached hydrogens (tertiary/aromatic N) is 2. The van der Waals surface area contributed by atoms with Crippen LogP contribution in [0, 0.1) is 11.8 Å². The minimum Gasteiger partial charge on any atom is -0.347 e. The average molecular weight is 247 g/mol. The number of anilines is 1. The number of rotatable bonds is 5. The Labute approximate surface area is 105 Å². The van der Waals surface area contributed by atoms with E-state index in [-0.39, 0.29) is 5.91 Å². The van der Waals surface area contributed by atoms with Crippen LogP contribution < -0.4 is 16.6 Å². The Morgan fingerprint density at radius 1 is 1.22 bits per heavy atom. The molecule has 0 unspecified atom stereocenters. The number of hydrogen-bond acceptors (Lipinski definition) is 5. The largest absolute Gasteiger partial charge is 0.347 e. The lowest BCUT2D eigenvalue weighted by Gasteiger charge is -2.17. The zero-order valence-corrected chi connectivity index (χ0v) is 10.1. The third kappa shape index (κ3) is 2.43. The van der Waals surface area contributed by atoms with E-state index in [2.05, 4.69) is 20.9 Å². The summed E-state index contributed by atoms with van der Waals surface area (Å²) in [4.78, 5) is 12.1. The Morgan fingerprint density at radius 2 is 1.89 bits per heavy atom. The van der Waals surface area contributed by atoms with Crippen LogP contribution in [0.1, 0.15) is 36.2 Å². The summed E-state index contributed by atoms with van der Waals surface area (Å²) in [7, 11) is 0. The first-order valence-corrected chi connectivity index (χ1v) is 6.39. The number of carbonyl (C=O) groups is 1. The Hall–Kier alpha value is -1.69. The van der Waals surface area contributed by atoms with Crippen molar-refractivity contribution in [1.82, 2.24) is 15.5 Å². The van der Waals surface area contributed by atoms with Gasteiger partial charge in [0.25, 0.3) is 5.91 Å². The smallest absolute Gasteiger partial charge is 0.272 e. The molecular weight excluding hydrogens is 230 g/mol. The van der Waals surface area contributed by atoms with Gasteiger partial charge in [0.15, 0.2) is 11.5 Å². The van der Waals surface area contributed by atoms with Crippen molar-refractivity contribution in [3.8, 4) is 0 Å². The Kier molecular flexibility index (Phi) is 2.87. The quantitative estimate of drug-likeness (QED) is 0.525. The highest BCUT2D eigenvalue weighted by molar-refractivity contribution is 5.92. The highest BCUT2D eigenvalue weighted by Gasteiger charge is 2.42. The van der Waals surface area contributed by atoms with Crippen molar-refractivity contribution in [2.75, 3.05) is 5.43 Å². The van der Waals surface area contributed by atoms with Gasteiger partial charge < -0.3 is 10.7 Å². The average Bonchev–Trinajstić information content (AvgIpc) is 3.29. The van der Waals surface area contributed by atoms with E-state index >= 15 is 0 Å². The molecule has 6 nitrogen and oxygen atoms in total. The maximum Gasteiger partial charge on any atom is 0.272 e. The predicted octanol–water partition coefficient (Wildman–Crippen LogP) is 0.681. The summed E-state index contributed by atoms with van der Waals surface area (Å²) in [6.07, 6.45) is 4.96. The summed E-state index contributed by atoms with van der Waals surface area (Å²) in [6.45, 7) is 0. The van der Waals surface area contributed by atoms with E-state index in [4.69, 9.17) is 5.84 Å². The molecule has 0 aliphatic heterocycles. The van der Waals surface area contributed by atoms with Gasteiger partial charge in [-0.15, -0.1) is 10.2 Å². The van der Waals surface area contributed by atoms with Crippen LogP contribution in [-0.2, 0) is 0 Å². The standard InChI is InChI=1S/C12H17N5O/c13-15-10-6-5-9(16-17-10)12(18)14-11(7-1-2-7)8-3-4-8/h5-8,11H,1-4,13H2,(H,14,18)(H,15,17). The summed E-state index contributed by atoms with van der Waals surface area (Å²) >= 11 is 0. The second-order valence-corrected chi connectivity index (χ2v) is 5.12. The van der Waals surface area contributed by atoms with Gasteiger partial charge in [-0.25, -0.2) is 5.84 Å². The topological polar surface area (TPSA) is 92.9 Å². The normalized spacial score (nSPS) is 18.8. The predicted molar refractivity (Wildman–Crippen MR) is 66.5 cm³/mol. The molecule has 0 bridgehead atoms. The number of nitrogens with two attached hydrogens (primary N) is 1. The molecule has 6 heteroatoms.